The van der Waals surface area contributed by atoms with Crippen molar-refractivity contribution in [3.05, 3.63) is 0 Å². The van der Waals surface area contributed by atoms with Gasteiger partial charge in [0.2, 0.25) is 0 Å². The number of aliphatic hydroxyl groups is 1. The molecule has 0 bridgehead atoms. The van der Waals surface area contributed by atoms with Gasteiger partial charge in [-0.25, -0.2) is 0 Å². The molecule has 0 aromatic heterocycles. The number of hydrogen-bond acceptors (Lipinski definition) is 2. The van der Waals surface area contributed by atoms with Gasteiger partial charge in [-0.1, -0.05) is 12.8 Å². The fourth-order valence-electron chi connectivity index (χ4n) is 2.68. The van der Waals surface area contributed by atoms with Gasteiger partial charge in [-0.05, 0) is 43.9 Å². The molecular weight excluding hydrogens is 176 g/mol. The first-order valence-corrected chi connectivity index (χ1v) is 6.00. The van der Waals surface area contributed by atoms with Crippen molar-refractivity contribution in [1.82, 2.24) is 0 Å². The highest BCUT2D eigenvalue weighted by atomic mass is 16.5. The molecule has 3 atom stereocenters. The molecule has 2 aliphatic rings. The molecule has 1 N–H and O–H groups in total. The summed E-state index contributed by atoms with van der Waals surface area (Å²) in [7, 11) is 1.81. The molecule has 0 radical (unpaired) electrons. The summed E-state index contributed by atoms with van der Waals surface area (Å²) in [5.74, 6) is 1.35. The zero-order valence-corrected chi connectivity index (χ0v) is 9.11. The summed E-state index contributed by atoms with van der Waals surface area (Å²) in [6, 6.07) is 0. The van der Waals surface area contributed by atoms with Crippen LogP contribution >= 0.6 is 0 Å². The Labute approximate surface area is 86.6 Å². The standard InChI is InChI=1S/C12H22O2/c1-14-11-4-2-3-9(7-11)8-12(13)10-5-6-10/h9-13H,2-8H2,1H3. The van der Waals surface area contributed by atoms with Gasteiger partial charge in [-0.2, -0.15) is 0 Å². The molecule has 0 aromatic carbocycles. The predicted octanol–water partition coefficient (Wildman–Crippen LogP) is 2.35. The number of rotatable bonds is 4. The Hall–Kier alpha value is -0.0800. The molecule has 3 unspecified atom stereocenters. The Bertz CT molecular complexity index is 177. The van der Waals surface area contributed by atoms with Crippen LogP contribution in [0.2, 0.25) is 0 Å². The Morgan fingerprint density at radius 3 is 2.71 bits per heavy atom. The zero-order valence-electron chi connectivity index (χ0n) is 9.11. The van der Waals surface area contributed by atoms with Gasteiger partial charge >= 0.3 is 0 Å². The topological polar surface area (TPSA) is 29.5 Å². The van der Waals surface area contributed by atoms with Crippen LogP contribution in [-0.4, -0.2) is 24.4 Å². The second-order valence-electron chi connectivity index (χ2n) is 5.03. The maximum absolute atomic E-state index is 9.86. The van der Waals surface area contributed by atoms with Crippen LogP contribution in [0, 0.1) is 11.8 Å². The Kier molecular flexibility index (Phi) is 3.45. The third-order valence-corrected chi connectivity index (χ3v) is 3.81. The minimum Gasteiger partial charge on any atom is -0.393 e. The SMILES string of the molecule is COC1CCCC(CC(O)C2CC2)C1. The molecule has 0 spiro atoms. The van der Waals surface area contributed by atoms with E-state index >= 15 is 0 Å². The summed E-state index contributed by atoms with van der Waals surface area (Å²) >= 11 is 0. The maximum atomic E-state index is 9.86. The van der Waals surface area contributed by atoms with Crippen molar-refractivity contribution in [1.29, 1.82) is 0 Å². The fraction of sp³-hybridized carbons (Fsp3) is 1.00. The largest absolute Gasteiger partial charge is 0.393 e. The van der Waals surface area contributed by atoms with Gasteiger partial charge in [0.15, 0.2) is 0 Å². The van der Waals surface area contributed by atoms with Crippen molar-refractivity contribution in [2.75, 3.05) is 7.11 Å². The first-order valence-electron chi connectivity index (χ1n) is 6.00. The third kappa shape index (κ3) is 2.71. The molecule has 2 heteroatoms. The molecule has 0 saturated heterocycles. The minimum atomic E-state index is -0.0180. The summed E-state index contributed by atoms with van der Waals surface area (Å²) in [6.07, 6.45) is 8.92. The van der Waals surface area contributed by atoms with Crippen LogP contribution in [0.3, 0.4) is 0 Å². The maximum Gasteiger partial charge on any atom is 0.0574 e. The van der Waals surface area contributed by atoms with Gasteiger partial charge in [-0.3, -0.25) is 0 Å². The van der Waals surface area contributed by atoms with Crippen LogP contribution in [0.5, 0.6) is 0 Å². The van der Waals surface area contributed by atoms with Gasteiger partial charge < -0.3 is 9.84 Å². The minimum absolute atomic E-state index is 0.0180. The lowest BCUT2D eigenvalue weighted by Gasteiger charge is -2.29. The zero-order chi connectivity index (χ0) is 9.97. The van der Waals surface area contributed by atoms with Crippen molar-refractivity contribution < 1.29 is 9.84 Å². The normalized spacial score (nSPS) is 35.6. The van der Waals surface area contributed by atoms with E-state index in [-0.39, 0.29) is 6.10 Å². The molecule has 2 rings (SSSR count). The van der Waals surface area contributed by atoms with Crippen LogP contribution in [-0.2, 0) is 4.74 Å². The molecule has 14 heavy (non-hydrogen) atoms. The summed E-state index contributed by atoms with van der Waals surface area (Å²) in [5.41, 5.74) is 0. The van der Waals surface area contributed by atoms with Gasteiger partial charge in [-0.15, -0.1) is 0 Å². The van der Waals surface area contributed by atoms with Crippen molar-refractivity contribution in [2.45, 2.75) is 57.2 Å². The molecule has 2 nitrogen and oxygen atoms in total. The number of methoxy groups -OCH3 is 1. The van der Waals surface area contributed by atoms with Crippen LogP contribution < -0.4 is 0 Å². The molecule has 0 aliphatic heterocycles. The van der Waals surface area contributed by atoms with E-state index < -0.39 is 0 Å². The highest BCUT2D eigenvalue weighted by Crippen LogP contribution is 2.38. The lowest BCUT2D eigenvalue weighted by Crippen LogP contribution is -2.25. The lowest BCUT2D eigenvalue weighted by molar-refractivity contribution is 0.0323. The second-order valence-corrected chi connectivity index (χ2v) is 5.03. The van der Waals surface area contributed by atoms with Gasteiger partial charge in [0, 0.05) is 7.11 Å². The molecule has 0 amide bonds. The molecule has 2 aliphatic carbocycles. The summed E-state index contributed by atoms with van der Waals surface area (Å²) in [5, 5.41) is 9.86. The van der Waals surface area contributed by atoms with Crippen LogP contribution in [0.4, 0.5) is 0 Å². The molecule has 0 aromatic rings. The lowest BCUT2D eigenvalue weighted by atomic mass is 9.83. The Morgan fingerprint density at radius 2 is 2.07 bits per heavy atom. The molecule has 2 saturated carbocycles. The fourth-order valence-corrected chi connectivity index (χ4v) is 2.68. The van der Waals surface area contributed by atoms with Gasteiger partial charge in [0.1, 0.15) is 0 Å². The van der Waals surface area contributed by atoms with E-state index in [1.54, 1.807) is 0 Å². The number of hydrogen-bond donors (Lipinski definition) is 1. The smallest absolute Gasteiger partial charge is 0.0574 e. The molecular formula is C12H22O2. The van der Waals surface area contributed by atoms with Crippen LogP contribution in [0.15, 0.2) is 0 Å². The quantitative estimate of drug-likeness (QED) is 0.751. The second kappa shape index (κ2) is 4.63. The average Bonchev–Trinajstić information content (AvgIpc) is 3.01. The van der Waals surface area contributed by atoms with Crippen molar-refractivity contribution in [3.8, 4) is 0 Å². The summed E-state index contributed by atoms with van der Waals surface area (Å²) in [4.78, 5) is 0. The van der Waals surface area contributed by atoms with E-state index in [2.05, 4.69) is 0 Å². The van der Waals surface area contributed by atoms with E-state index in [4.69, 9.17) is 4.74 Å². The van der Waals surface area contributed by atoms with E-state index in [1.165, 1.54) is 38.5 Å². The summed E-state index contributed by atoms with van der Waals surface area (Å²) < 4.78 is 5.40. The van der Waals surface area contributed by atoms with Crippen molar-refractivity contribution in [3.63, 3.8) is 0 Å². The third-order valence-electron chi connectivity index (χ3n) is 3.81. The highest BCUT2D eigenvalue weighted by molar-refractivity contribution is 4.84. The van der Waals surface area contributed by atoms with Gasteiger partial charge in [0.05, 0.1) is 12.2 Å². The molecule has 2 fully saturated rings. The average molecular weight is 198 g/mol. The monoisotopic (exact) mass is 198 g/mol. The Balaban J connectivity index is 1.73. The number of ether oxygens (including phenoxy) is 1. The van der Waals surface area contributed by atoms with E-state index in [0.717, 1.165) is 6.42 Å². The van der Waals surface area contributed by atoms with E-state index in [0.29, 0.717) is 17.9 Å². The van der Waals surface area contributed by atoms with Crippen LogP contribution in [0.1, 0.15) is 44.9 Å². The number of aliphatic hydroxyl groups excluding tert-OH is 1. The van der Waals surface area contributed by atoms with Crippen LogP contribution in [0.25, 0.3) is 0 Å². The predicted molar refractivity (Wildman–Crippen MR) is 56.1 cm³/mol. The van der Waals surface area contributed by atoms with Gasteiger partial charge in [0.25, 0.3) is 0 Å². The van der Waals surface area contributed by atoms with Crippen molar-refractivity contribution >= 4 is 0 Å². The van der Waals surface area contributed by atoms with E-state index in [9.17, 15) is 5.11 Å². The molecule has 0 heterocycles. The first-order chi connectivity index (χ1) is 6.79. The summed E-state index contributed by atoms with van der Waals surface area (Å²) in [6.45, 7) is 0. The first kappa shape index (κ1) is 10.4. The van der Waals surface area contributed by atoms with Crippen molar-refractivity contribution in [2.24, 2.45) is 11.8 Å². The molecule has 82 valence electrons. The van der Waals surface area contributed by atoms with E-state index in [1.807, 2.05) is 7.11 Å². The highest BCUT2D eigenvalue weighted by Gasteiger charge is 2.32. The Morgan fingerprint density at radius 1 is 1.29 bits per heavy atom.